The summed E-state index contributed by atoms with van der Waals surface area (Å²) in [6.45, 7) is 1.64. The first-order valence-electron chi connectivity index (χ1n) is 5.86. The molecule has 0 aliphatic carbocycles. The van der Waals surface area contributed by atoms with Gasteiger partial charge in [0.05, 0.1) is 16.1 Å². The van der Waals surface area contributed by atoms with Crippen LogP contribution >= 0.6 is 43.6 Å². The Morgan fingerprint density at radius 3 is 2.45 bits per heavy atom. The number of carboxylic acid groups (broad SMARTS) is 1. The van der Waals surface area contributed by atoms with Crippen molar-refractivity contribution in [1.29, 1.82) is 0 Å². The topological polar surface area (TPSA) is 85.5 Å². The minimum absolute atomic E-state index is 0.0626. The molecule has 0 unspecified atom stereocenters. The Morgan fingerprint density at radius 1 is 1.36 bits per heavy atom. The van der Waals surface area contributed by atoms with Crippen LogP contribution in [0, 0.1) is 6.92 Å². The zero-order chi connectivity index (χ0) is 16.3. The molecule has 6 nitrogen and oxygen atoms in total. The molecule has 0 bridgehead atoms. The van der Waals surface area contributed by atoms with E-state index in [1.165, 1.54) is 6.08 Å². The predicted molar refractivity (Wildman–Crippen MR) is 88.9 cm³/mol. The van der Waals surface area contributed by atoms with E-state index in [9.17, 15) is 9.90 Å². The number of ether oxygens (including phenoxy) is 1. The van der Waals surface area contributed by atoms with Gasteiger partial charge in [-0.15, -0.1) is 10.2 Å². The van der Waals surface area contributed by atoms with Gasteiger partial charge >= 0.3 is 5.97 Å². The maximum absolute atomic E-state index is 11.4. The molecule has 0 aliphatic rings. The van der Waals surface area contributed by atoms with E-state index in [-0.39, 0.29) is 10.1 Å². The zero-order valence-corrected chi connectivity index (χ0v) is 15.5. The molecule has 0 saturated heterocycles. The number of aromatic nitrogens is 2. The third kappa shape index (κ3) is 4.11. The average Bonchev–Trinajstić information content (AvgIpc) is 2.83. The summed E-state index contributed by atoms with van der Waals surface area (Å²) in [4.78, 5) is 11.4. The summed E-state index contributed by atoms with van der Waals surface area (Å²) in [5.74, 6) is -0.0692. The van der Waals surface area contributed by atoms with Crippen LogP contribution in [0.2, 0.25) is 0 Å². The van der Waals surface area contributed by atoms with E-state index in [1.54, 1.807) is 26.2 Å². The van der Waals surface area contributed by atoms with Crippen LogP contribution < -0.4 is 4.74 Å². The van der Waals surface area contributed by atoms with E-state index in [1.807, 2.05) is 0 Å². The van der Waals surface area contributed by atoms with Gasteiger partial charge in [-0.3, -0.25) is 0 Å². The van der Waals surface area contributed by atoms with Gasteiger partial charge in [-0.05, 0) is 67.4 Å². The highest BCUT2D eigenvalue weighted by atomic mass is 79.9. The summed E-state index contributed by atoms with van der Waals surface area (Å²) in [6, 6.07) is 3.51. The Morgan fingerprint density at radius 2 is 2.00 bits per heavy atom. The summed E-state index contributed by atoms with van der Waals surface area (Å²) >= 11 is 7.65. The fourth-order valence-electron chi connectivity index (χ4n) is 1.56. The van der Waals surface area contributed by atoms with E-state index < -0.39 is 5.97 Å². The number of aryl methyl sites for hydroxylation is 1. The van der Waals surface area contributed by atoms with Crippen LogP contribution in [0.15, 0.2) is 35.6 Å². The molecule has 0 amide bonds. The summed E-state index contributed by atoms with van der Waals surface area (Å²) in [6.07, 6.45) is 1.52. The molecular weight excluding hydrogens is 440 g/mol. The second-order valence-electron chi connectivity index (χ2n) is 4.02. The molecule has 2 aromatic rings. The first-order chi connectivity index (χ1) is 10.4. The third-order valence-corrected chi connectivity index (χ3v) is 4.47. The van der Waals surface area contributed by atoms with Crippen LogP contribution in [-0.4, -0.2) is 28.4 Å². The molecule has 0 saturated carbocycles. The van der Waals surface area contributed by atoms with Gasteiger partial charge in [-0.2, -0.15) is 0 Å². The predicted octanol–water partition coefficient (Wildman–Crippen LogP) is 4.13. The molecule has 0 radical (unpaired) electrons. The highest BCUT2D eigenvalue weighted by molar-refractivity contribution is 9.11. The fraction of sp³-hybridized carbons (Fsp3) is 0.154. The lowest BCUT2D eigenvalue weighted by atomic mass is 10.2. The molecule has 1 heterocycles. The number of methoxy groups -OCH3 is 1. The second-order valence-corrected chi connectivity index (χ2v) is 6.72. The highest BCUT2D eigenvalue weighted by Gasteiger charge is 2.15. The Labute approximate surface area is 147 Å². The van der Waals surface area contributed by atoms with E-state index in [0.29, 0.717) is 26.1 Å². The van der Waals surface area contributed by atoms with E-state index in [0.717, 1.165) is 11.8 Å². The lowest BCUT2D eigenvalue weighted by molar-refractivity contribution is -0.131. The Bertz CT molecular complexity index is 722. The van der Waals surface area contributed by atoms with Crippen LogP contribution in [0.1, 0.15) is 11.5 Å². The first-order valence-corrected chi connectivity index (χ1v) is 8.27. The maximum Gasteiger partial charge on any atom is 0.342 e. The molecule has 1 N–H and O–H groups in total. The minimum atomic E-state index is -1.08. The Balaban J connectivity index is 2.36. The van der Waals surface area contributed by atoms with Crippen LogP contribution in [0.3, 0.4) is 0 Å². The van der Waals surface area contributed by atoms with Crippen LogP contribution in [0.5, 0.6) is 5.75 Å². The van der Waals surface area contributed by atoms with Crippen molar-refractivity contribution in [2.75, 3.05) is 7.11 Å². The smallest absolute Gasteiger partial charge is 0.342 e. The van der Waals surface area contributed by atoms with E-state index >= 15 is 0 Å². The number of rotatable bonds is 5. The average molecular weight is 450 g/mol. The van der Waals surface area contributed by atoms with Crippen molar-refractivity contribution in [2.45, 2.75) is 12.1 Å². The molecule has 9 heteroatoms. The molecule has 116 valence electrons. The minimum Gasteiger partial charge on any atom is -0.494 e. The van der Waals surface area contributed by atoms with E-state index in [2.05, 4.69) is 42.1 Å². The lowest BCUT2D eigenvalue weighted by Crippen LogP contribution is -1.97. The third-order valence-electron chi connectivity index (χ3n) is 2.44. The standard InChI is InChI=1S/C13H10Br2N2O4S/c1-6-16-17-13(21-6)22-10(12(18)19)5-7-3-8(14)11(20-2)9(15)4-7/h3-5H,1-2H3,(H,18,19)/b10-5-. The van der Waals surface area contributed by atoms with Gasteiger partial charge < -0.3 is 14.3 Å². The number of hydrogen-bond acceptors (Lipinski definition) is 6. The van der Waals surface area contributed by atoms with Crippen molar-refractivity contribution in [3.63, 3.8) is 0 Å². The van der Waals surface area contributed by atoms with Gasteiger partial charge in [0.15, 0.2) is 0 Å². The molecule has 22 heavy (non-hydrogen) atoms. The molecule has 1 aromatic heterocycles. The molecule has 0 spiro atoms. The number of carboxylic acids is 1. The molecule has 0 fully saturated rings. The maximum atomic E-state index is 11.4. The summed E-state index contributed by atoms with van der Waals surface area (Å²) in [5, 5.41) is 16.9. The molecule has 0 atom stereocenters. The first kappa shape index (κ1) is 17.0. The normalized spacial score (nSPS) is 11.5. The molecule has 2 rings (SSSR count). The summed E-state index contributed by atoms with van der Waals surface area (Å²) < 4.78 is 11.8. The molecular formula is C13H10Br2N2O4S. The van der Waals surface area contributed by atoms with Gasteiger partial charge in [-0.1, -0.05) is 0 Å². The highest BCUT2D eigenvalue weighted by Crippen LogP contribution is 2.36. The van der Waals surface area contributed by atoms with Crippen LogP contribution in [-0.2, 0) is 4.79 Å². The SMILES string of the molecule is COc1c(Br)cc(/C=C(\Sc2nnc(C)o2)C(=O)O)cc1Br. The van der Waals surface area contributed by atoms with Crippen molar-refractivity contribution in [3.8, 4) is 5.75 Å². The van der Waals surface area contributed by atoms with Crippen molar-refractivity contribution in [1.82, 2.24) is 10.2 Å². The Hall–Kier alpha value is -1.32. The van der Waals surface area contributed by atoms with E-state index in [4.69, 9.17) is 9.15 Å². The number of benzene rings is 1. The second kappa shape index (κ2) is 7.30. The number of thioether (sulfide) groups is 1. The van der Waals surface area contributed by atoms with Gasteiger partial charge in [0.2, 0.25) is 5.89 Å². The molecule has 0 aliphatic heterocycles. The number of hydrogen-bond donors (Lipinski definition) is 1. The number of halogens is 2. The number of carbonyl (C=O) groups is 1. The van der Waals surface area contributed by atoms with Gasteiger partial charge in [-0.25, -0.2) is 4.79 Å². The monoisotopic (exact) mass is 448 g/mol. The summed E-state index contributed by atoms with van der Waals surface area (Å²) in [5.41, 5.74) is 0.681. The lowest BCUT2D eigenvalue weighted by Gasteiger charge is -2.07. The van der Waals surface area contributed by atoms with Gasteiger partial charge in [0, 0.05) is 6.92 Å². The fourth-order valence-corrected chi connectivity index (χ4v) is 3.82. The van der Waals surface area contributed by atoms with Crippen molar-refractivity contribution >= 4 is 55.7 Å². The summed E-state index contributed by atoms with van der Waals surface area (Å²) in [7, 11) is 1.55. The van der Waals surface area contributed by atoms with Gasteiger partial charge in [0.25, 0.3) is 5.22 Å². The van der Waals surface area contributed by atoms with Crippen molar-refractivity contribution in [3.05, 3.63) is 37.4 Å². The Kier molecular flexibility index (Phi) is 5.65. The van der Waals surface area contributed by atoms with Crippen LogP contribution in [0.4, 0.5) is 0 Å². The number of nitrogens with zero attached hydrogens (tertiary/aromatic N) is 2. The van der Waals surface area contributed by atoms with Gasteiger partial charge in [0.1, 0.15) is 10.7 Å². The zero-order valence-electron chi connectivity index (χ0n) is 11.5. The largest absolute Gasteiger partial charge is 0.494 e. The van der Waals surface area contributed by atoms with Crippen molar-refractivity contribution in [2.24, 2.45) is 0 Å². The number of aliphatic carboxylic acids is 1. The van der Waals surface area contributed by atoms with Crippen LogP contribution in [0.25, 0.3) is 6.08 Å². The quantitative estimate of drug-likeness (QED) is 0.542. The molecule has 1 aromatic carbocycles. The van der Waals surface area contributed by atoms with Crippen molar-refractivity contribution < 1.29 is 19.1 Å².